The molecule has 1 fully saturated rings. The van der Waals surface area contributed by atoms with Gasteiger partial charge in [0.2, 0.25) is 0 Å². The van der Waals surface area contributed by atoms with Gasteiger partial charge in [-0.15, -0.1) is 0 Å². The molecule has 4 heteroatoms. The predicted molar refractivity (Wildman–Crippen MR) is 86.0 cm³/mol. The van der Waals surface area contributed by atoms with Crippen LogP contribution in [0.3, 0.4) is 0 Å². The van der Waals surface area contributed by atoms with E-state index in [9.17, 15) is 0 Å². The van der Waals surface area contributed by atoms with E-state index >= 15 is 0 Å². The molecule has 0 amide bonds. The topological polar surface area (TPSA) is 44.0 Å². The molecule has 1 aliphatic heterocycles. The van der Waals surface area contributed by atoms with Crippen molar-refractivity contribution in [1.29, 1.82) is 0 Å². The molecule has 0 unspecified atom stereocenters. The van der Waals surface area contributed by atoms with Gasteiger partial charge in [-0.1, -0.05) is 31.2 Å². The lowest BCUT2D eigenvalue weighted by Crippen LogP contribution is -2.42. The van der Waals surface area contributed by atoms with Gasteiger partial charge in [-0.25, -0.2) is 0 Å². The summed E-state index contributed by atoms with van der Waals surface area (Å²) in [7, 11) is 0. The Labute approximate surface area is 126 Å². The van der Waals surface area contributed by atoms with Gasteiger partial charge in [0.05, 0.1) is 5.69 Å². The second kappa shape index (κ2) is 6.87. The van der Waals surface area contributed by atoms with Crippen molar-refractivity contribution in [3.05, 3.63) is 42.1 Å². The van der Waals surface area contributed by atoms with Crippen LogP contribution in [0, 0.1) is 0 Å². The fraction of sp³-hybridized carbons (Fsp3) is 0.471. The van der Waals surface area contributed by atoms with Crippen LogP contribution >= 0.6 is 0 Å². The third kappa shape index (κ3) is 3.71. The number of nitrogens with zero attached hydrogens (tertiary/aromatic N) is 2. The van der Waals surface area contributed by atoms with Gasteiger partial charge in [-0.05, 0) is 49.7 Å². The summed E-state index contributed by atoms with van der Waals surface area (Å²) in [5.74, 6) is 0. The highest BCUT2D eigenvalue weighted by atomic mass is 15.1. The Morgan fingerprint density at radius 2 is 1.95 bits per heavy atom. The van der Waals surface area contributed by atoms with Gasteiger partial charge in [-0.3, -0.25) is 5.10 Å². The van der Waals surface area contributed by atoms with Crippen molar-refractivity contribution in [2.75, 3.05) is 19.6 Å². The first kappa shape index (κ1) is 14.3. The number of nitrogens with one attached hydrogen (secondary N) is 2. The number of H-pyrrole nitrogens is 1. The molecule has 2 N–H and O–H groups in total. The average molecular weight is 284 g/mol. The van der Waals surface area contributed by atoms with E-state index in [1.807, 2.05) is 6.07 Å². The van der Waals surface area contributed by atoms with Crippen molar-refractivity contribution in [3.63, 3.8) is 0 Å². The molecule has 1 aromatic heterocycles. The minimum Gasteiger partial charge on any atom is -0.310 e. The normalized spacial score (nSPS) is 17.2. The smallest absolute Gasteiger partial charge is 0.0650 e. The van der Waals surface area contributed by atoms with E-state index in [0.717, 1.165) is 12.2 Å². The number of rotatable bonds is 5. The maximum Gasteiger partial charge on any atom is 0.0650 e. The first-order valence-corrected chi connectivity index (χ1v) is 7.89. The zero-order valence-electron chi connectivity index (χ0n) is 12.7. The third-order valence-corrected chi connectivity index (χ3v) is 4.40. The number of hydrogen-bond acceptors (Lipinski definition) is 3. The first-order chi connectivity index (χ1) is 10.3. The monoisotopic (exact) mass is 284 g/mol. The first-order valence-electron chi connectivity index (χ1n) is 7.89. The van der Waals surface area contributed by atoms with Crippen LogP contribution in [0.15, 0.2) is 36.5 Å². The van der Waals surface area contributed by atoms with Crippen LogP contribution in [-0.2, 0) is 6.54 Å². The van der Waals surface area contributed by atoms with E-state index in [1.165, 1.54) is 43.6 Å². The van der Waals surface area contributed by atoms with Crippen LogP contribution in [0.2, 0.25) is 0 Å². The number of likely N-dealkylation sites (tertiary alicyclic amines) is 1. The van der Waals surface area contributed by atoms with Crippen LogP contribution < -0.4 is 5.32 Å². The van der Waals surface area contributed by atoms with Gasteiger partial charge in [-0.2, -0.15) is 5.10 Å². The van der Waals surface area contributed by atoms with Crippen molar-refractivity contribution in [1.82, 2.24) is 20.4 Å². The van der Waals surface area contributed by atoms with Gasteiger partial charge in [0.1, 0.15) is 0 Å². The fourth-order valence-electron chi connectivity index (χ4n) is 2.93. The minimum absolute atomic E-state index is 0.667. The summed E-state index contributed by atoms with van der Waals surface area (Å²) >= 11 is 0. The Morgan fingerprint density at radius 3 is 2.57 bits per heavy atom. The summed E-state index contributed by atoms with van der Waals surface area (Å²) in [6, 6.07) is 11.4. The lowest BCUT2D eigenvalue weighted by atomic mass is 10.0. The zero-order chi connectivity index (χ0) is 14.5. The van der Waals surface area contributed by atoms with E-state index in [1.54, 1.807) is 6.20 Å². The molecule has 1 aromatic carbocycles. The largest absolute Gasteiger partial charge is 0.310 e. The van der Waals surface area contributed by atoms with Crippen molar-refractivity contribution < 1.29 is 0 Å². The summed E-state index contributed by atoms with van der Waals surface area (Å²) in [5.41, 5.74) is 3.60. The number of aromatic amines is 1. The summed E-state index contributed by atoms with van der Waals surface area (Å²) in [6.07, 6.45) is 4.31. The molecule has 0 spiro atoms. The van der Waals surface area contributed by atoms with Crippen molar-refractivity contribution in [2.24, 2.45) is 0 Å². The Morgan fingerprint density at radius 1 is 1.19 bits per heavy atom. The Kier molecular flexibility index (Phi) is 4.68. The van der Waals surface area contributed by atoms with Crippen LogP contribution in [0.1, 0.15) is 25.3 Å². The number of piperidine rings is 1. The molecule has 0 aliphatic carbocycles. The third-order valence-electron chi connectivity index (χ3n) is 4.40. The molecule has 1 aliphatic rings. The molecule has 2 aromatic rings. The minimum atomic E-state index is 0.667. The van der Waals surface area contributed by atoms with Crippen molar-refractivity contribution in [3.8, 4) is 11.3 Å². The molecule has 4 nitrogen and oxygen atoms in total. The Bertz CT molecular complexity index is 524. The van der Waals surface area contributed by atoms with Crippen molar-refractivity contribution in [2.45, 2.75) is 32.4 Å². The molecule has 3 rings (SSSR count). The van der Waals surface area contributed by atoms with Crippen LogP contribution in [0.4, 0.5) is 0 Å². The van der Waals surface area contributed by atoms with Gasteiger partial charge < -0.3 is 10.2 Å². The van der Waals surface area contributed by atoms with E-state index in [2.05, 4.69) is 51.6 Å². The van der Waals surface area contributed by atoms with Gasteiger partial charge in [0.15, 0.2) is 0 Å². The highest BCUT2D eigenvalue weighted by molar-refractivity contribution is 5.58. The molecular weight excluding hydrogens is 260 g/mol. The molecule has 0 bridgehead atoms. The molecule has 0 saturated carbocycles. The highest BCUT2D eigenvalue weighted by Crippen LogP contribution is 2.17. The fourth-order valence-corrected chi connectivity index (χ4v) is 2.93. The Balaban J connectivity index is 1.50. The second-order valence-electron chi connectivity index (χ2n) is 5.76. The van der Waals surface area contributed by atoms with E-state index in [4.69, 9.17) is 0 Å². The molecular formula is C17H24N4. The molecule has 21 heavy (non-hydrogen) atoms. The van der Waals surface area contributed by atoms with Crippen molar-refractivity contribution >= 4 is 0 Å². The number of hydrogen-bond donors (Lipinski definition) is 2. The van der Waals surface area contributed by atoms with E-state index in [0.29, 0.717) is 6.04 Å². The lowest BCUT2D eigenvalue weighted by molar-refractivity contribution is 0.206. The summed E-state index contributed by atoms with van der Waals surface area (Å²) < 4.78 is 0. The second-order valence-corrected chi connectivity index (χ2v) is 5.76. The summed E-state index contributed by atoms with van der Waals surface area (Å²) in [5, 5.41) is 10.7. The maximum atomic E-state index is 3.99. The molecule has 112 valence electrons. The number of benzene rings is 1. The SMILES string of the molecule is CCN1CCC(NCc2ccc(-c3ccn[nH]3)cc2)CC1. The van der Waals surface area contributed by atoms with Gasteiger partial charge >= 0.3 is 0 Å². The molecule has 1 saturated heterocycles. The molecule has 0 atom stereocenters. The quantitative estimate of drug-likeness (QED) is 0.887. The van der Waals surface area contributed by atoms with Crippen LogP contribution in [-0.4, -0.2) is 40.8 Å². The lowest BCUT2D eigenvalue weighted by Gasteiger charge is -2.31. The summed E-state index contributed by atoms with van der Waals surface area (Å²) in [6.45, 7) is 6.84. The molecule has 2 heterocycles. The van der Waals surface area contributed by atoms with Gasteiger partial charge in [0.25, 0.3) is 0 Å². The standard InChI is InChI=1S/C17H24N4/c1-2-21-11-8-16(9-12-21)18-13-14-3-5-15(6-4-14)17-7-10-19-20-17/h3-7,10,16,18H,2,8-9,11-13H2,1H3,(H,19,20). The van der Waals surface area contributed by atoms with E-state index in [-0.39, 0.29) is 0 Å². The van der Waals surface area contributed by atoms with E-state index < -0.39 is 0 Å². The average Bonchev–Trinajstić information content (AvgIpc) is 3.08. The van der Waals surface area contributed by atoms with Crippen LogP contribution in [0.25, 0.3) is 11.3 Å². The molecule has 0 radical (unpaired) electrons. The Hall–Kier alpha value is -1.65. The summed E-state index contributed by atoms with van der Waals surface area (Å²) in [4.78, 5) is 2.53. The van der Waals surface area contributed by atoms with Gasteiger partial charge in [0, 0.05) is 18.8 Å². The predicted octanol–water partition coefficient (Wildman–Crippen LogP) is 2.65. The van der Waals surface area contributed by atoms with Crippen LogP contribution in [0.5, 0.6) is 0 Å². The highest BCUT2D eigenvalue weighted by Gasteiger charge is 2.17. The number of aromatic nitrogens is 2. The maximum absolute atomic E-state index is 3.99. The zero-order valence-corrected chi connectivity index (χ0v) is 12.7.